The van der Waals surface area contributed by atoms with Gasteiger partial charge in [0.25, 0.3) is 0 Å². The Hall–Kier alpha value is -0.370. The van der Waals surface area contributed by atoms with Gasteiger partial charge in [-0.2, -0.15) is 0 Å². The van der Waals surface area contributed by atoms with Crippen molar-refractivity contribution < 1.29 is 0 Å². The Kier molecular flexibility index (Phi) is 7.79. The van der Waals surface area contributed by atoms with E-state index in [2.05, 4.69) is 41.4 Å². The zero-order chi connectivity index (χ0) is 13.7. The Morgan fingerprint density at radius 1 is 1.35 bits per heavy atom. The van der Waals surface area contributed by atoms with Gasteiger partial charge < -0.3 is 10.6 Å². The molecule has 2 rings (SSSR count). The van der Waals surface area contributed by atoms with Gasteiger partial charge in [-0.05, 0) is 39.5 Å². The van der Waals surface area contributed by atoms with E-state index >= 15 is 0 Å². The molecule has 1 saturated carbocycles. The minimum Gasteiger partial charge on any atom is -0.357 e. The minimum atomic E-state index is 0. The van der Waals surface area contributed by atoms with Crippen LogP contribution in [0, 0.1) is 19.8 Å². The maximum Gasteiger partial charge on any atom is 0.191 e. The summed E-state index contributed by atoms with van der Waals surface area (Å²) < 4.78 is 0. The summed E-state index contributed by atoms with van der Waals surface area (Å²) in [7, 11) is 0. The predicted octanol–water partition coefficient (Wildman–Crippen LogP) is 2.89. The molecular weight excluding hydrogens is 383 g/mol. The van der Waals surface area contributed by atoms with Crippen molar-refractivity contribution in [3.63, 3.8) is 0 Å². The molecule has 4 nitrogen and oxygen atoms in total. The lowest BCUT2D eigenvalue weighted by molar-refractivity contribution is 0.778. The fourth-order valence-electron chi connectivity index (χ4n) is 1.96. The van der Waals surface area contributed by atoms with E-state index in [9.17, 15) is 0 Å². The third-order valence-corrected chi connectivity index (χ3v) is 4.33. The molecule has 1 aromatic rings. The maximum atomic E-state index is 4.62. The van der Waals surface area contributed by atoms with Crippen LogP contribution in [0.3, 0.4) is 0 Å². The third-order valence-electron chi connectivity index (χ3n) is 3.19. The summed E-state index contributed by atoms with van der Waals surface area (Å²) in [5, 5.41) is 7.86. The van der Waals surface area contributed by atoms with E-state index in [1.54, 1.807) is 11.3 Å². The van der Waals surface area contributed by atoms with Crippen molar-refractivity contribution in [2.24, 2.45) is 10.9 Å². The molecule has 114 valence electrons. The highest BCUT2D eigenvalue weighted by atomic mass is 127. The zero-order valence-corrected chi connectivity index (χ0v) is 15.7. The van der Waals surface area contributed by atoms with E-state index in [1.165, 1.54) is 23.4 Å². The second-order valence-corrected chi connectivity index (χ2v) is 6.37. The fraction of sp³-hybridized carbons (Fsp3) is 0.714. The summed E-state index contributed by atoms with van der Waals surface area (Å²) in [6.07, 6.45) is 3.72. The minimum absolute atomic E-state index is 0. The highest BCUT2D eigenvalue weighted by molar-refractivity contribution is 14.0. The first kappa shape index (κ1) is 17.7. The van der Waals surface area contributed by atoms with Crippen molar-refractivity contribution in [3.8, 4) is 0 Å². The van der Waals surface area contributed by atoms with Gasteiger partial charge in [0.2, 0.25) is 0 Å². The van der Waals surface area contributed by atoms with Crippen LogP contribution in [-0.4, -0.2) is 30.6 Å². The van der Waals surface area contributed by atoms with E-state index in [4.69, 9.17) is 0 Å². The van der Waals surface area contributed by atoms with Gasteiger partial charge in [-0.15, -0.1) is 35.3 Å². The van der Waals surface area contributed by atoms with E-state index in [0.29, 0.717) is 0 Å². The predicted molar refractivity (Wildman–Crippen MR) is 97.4 cm³/mol. The molecule has 0 aromatic carbocycles. The Morgan fingerprint density at radius 2 is 2.10 bits per heavy atom. The first-order valence-electron chi connectivity index (χ1n) is 7.14. The van der Waals surface area contributed by atoms with E-state index in [-0.39, 0.29) is 24.0 Å². The van der Waals surface area contributed by atoms with Crippen molar-refractivity contribution in [2.75, 3.05) is 19.6 Å². The van der Waals surface area contributed by atoms with Crippen LogP contribution in [-0.2, 0) is 6.42 Å². The quantitative estimate of drug-likeness (QED) is 0.433. The van der Waals surface area contributed by atoms with Crippen molar-refractivity contribution >= 4 is 41.3 Å². The average Bonchev–Trinajstić information content (AvgIpc) is 3.13. The molecule has 1 aromatic heterocycles. The SMILES string of the molecule is CCNC(=NCC1CC1)NCCc1sc(C)nc1C.I. The number of hydrogen-bond donors (Lipinski definition) is 2. The summed E-state index contributed by atoms with van der Waals surface area (Å²) >= 11 is 1.80. The molecule has 0 unspecified atom stereocenters. The van der Waals surface area contributed by atoms with Crippen LogP contribution in [0.25, 0.3) is 0 Å². The molecule has 1 heterocycles. The molecule has 0 aliphatic heterocycles. The number of thiazole rings is 1. The number of aliphatic imine (C=N–C) groups is 1. The Balaban J connectivity index is 0.00000200. The van der Waals surface area contributed by atoms with Crippen molar-refractivity contribution in [1.82, 2.24) is 15.6 Å². The van der Waals surface area contributed by atoms with Crippen LogP contribution in [0.5, 0.6) is 0 Å². The lowest BCUT2D eigenvalue weighted by atomic mass is 10.3. The van der Waals surface area contributed by atoms with Gasteiger partial charge in [-0.3, -0.25) is 4.99 Å². The van der Waals surface area contributed by atoms with Gasteiger partial charge >= 0.3 is 0 Å². The van der Waals surface area contributed by atoms with Crippen molar-refractivity contribution in [3.05, 3.63) is 15.6 Å². The highest BCUT2D eigenvalue weighted by Crippen LogP contribution is 2.28. The summed E-state index contributed by atoms with van der Waals surface area (Å²) in [5.41, 5.74) is 1.17. The molecule has 0 spiro atoms. The summed E-state index contributed by atoms with van der Waals surface area (Å²) in [6.45, 7) is 9.05. The van der Waals surface area contributed by atoms with Gasteiger partial charge in [0.05, 0.1) is 10.7 Å². The van der Waals surface area contributed by atoms with E-state index in [0.717, 1.165) is 42.9 Å². The Labute approximate surface area is 142 Å². The van der Waals surface area contributed by atoms with E-state index in [1.807, 2.05) is 0 Å². The Morgan fingerprint density at radius 3 is 2.65 bits per heavy atom. The van der Waals surface area contributed by atoms with Gasteiger partial charge in [-0.25, -0.2) is 4.98 Å². The van der Waals surface area contributed by atoms with E-state index < -0.39 is 0 Å². The van der Waals surface area contributed by atoms with Crippen molar-refractivity contribution in [2.45, 2.75) is 40.0 Å². The van der Waals surface area contributed by atoms with Gasteiger partial charge in [0, 0.05) is 30.9 Å². The smallest absolute Gasteiger partial charge is 0.191 e. The van der Waals surface area contributed by atoms with Gasteiger partial charge in [0.15, 0.2) is 5.96 Å². The second kappa shape index (κ2) is 8.81. The first-order chi connectivity index (χ1) is 9.19. The largest absolute Gasteiger partial charge is 0.357 e. The van der Waals surface area contributed by atoms with Gasteiger partial charge in [0.1, 0.15) is 0 Å². The average molecular weight is 408 g/mol. The first-order valence-corrected chi connectivity index (χ1v) is 7.95. The van der Waals surface area contributed by atoms with Crippen LogP contribution in [0.2, 0.25) is 0 Å². The topological polar surface area (TPSA) is 49.3 Å². The van der Waals surface area contributed by atoms with Crippen LogP contribution in [0.4, 0.5) is 0 Å². The number of aryl methyl sites for hydroxylation is 2. The molecule has 0 atom stereocenters. The summed E-state index contributed by atoms with van der Waals surface area (Å²) in [5.74, 6) is 1.79. The molecule has 2 N–H and O–H groups in total. The number of halogens is 1. The summed E-state index contributed by atoms with van der Waals surface area (Å²) in [4.78, 5) is 10.5. The van der Waals surface area contributed by atoms with Crippen molar-refractivity contribution in [1.29, 1.82) is 0 Å². The molecule has 0 amide bonds. The summed E-state index contributed by atoms with van der Waals surface area (Å²) in [6, 6.07) is 0. The number of guanidine groups is 1. The molecule has 1 aliphatic rings. The molecular formula is C14H25IN4S. The van der Waals surface area contributed by atoms with Crippen LogP contribution in [0.1, 0.15) is 35.3 Å². The maximum absolute atomic E-state index is 4.62. The number of aromatic nitrogens is 1. The molecule has 1 fully saturated rings. The normalized spacial score (nSPS) is 14.8. The highest BCUT2D eigenvalue weighted by Gasteiger charge is 2.20. The Bertz CT molecular complexity index is 440. The molecule has 1 aliphatic carbocycles. The number of nitrogens with zero attached hydrogens (tertiary/aromatic N) is 2. The fourth-order valence-corrected chi connectivity index (χ4v) is 2.90. The molecule has 0 saturated heterocycles. The number of rotatable bonds is 6. The standard InChI is InChI=1S/C14H24N4S.HI/c1-4-15-14(17-9-12-5-6-12)16-8-7-13-10(2)18-11(3)19-13;/h12H,4-9H2,1-3H3,(H2,15,16,17);1H. The molecule has 20 heavy (non-hydrogen) atoms. The molecule has 6 heteroatoms. The lowest BCUT2D eigenvalue weighted by Gasteiger charge is -2.10. The van der Waals surface area contributed by atoms with Crippen LogP contribution in [0.15, 0.2) is 4.99 Å². The number of hydrogen-bond acceptors (Lipinski definition) is 3. The monoisotopic (exact) mass is 408 g/mol. The zero-order valence-electron chi connectivity index (χ0n) is 12.5. The van der Waals surface area contributed by atoms with Gasteiger partial charge in [-0.1, -0.05) is 0 Å². The lowest BCUT2D eigenvalue weighted by Crippen LogP contribution is -2.38. The molecule has 0 radical (unpaired) electrons. The second-order valence-electron chi connectivity index (χ2n) is 5.08. The third kappa shape index (κ3) is 5.95. The van der Waals surface area contributed by atoms with Crippen LogP contribution < -0.4 is 10.6 Å². The number of nitrogens with one attached hydrogen (secondary N) is 2. The molecule has 0 bridgehead atoms. The van der Waals surface area contributed by atoms with Crippen LogP contribution >= 0.6 is 35.3 Å².